The van der Waals surface area contributed by atoms with Crippen LogP contribution in [0.3, 0.4) is 0 Å². The third-order valence-electron chi connectivity index (χ3n) is 4.51. The van der Waals surface area contributed by atoms with Crippen molar-refractivity contribution >= 4 is 17.4 Å². The average Bonchev–Trinajstić information content (AvgIpc) is 3.10. The highest BCUT2D eigenvalue weighted by Crippen LogP contribution is 2.28. The number of hydrogen-bond donors (Lipinski definition) is 1. The molecule has 4 rings (SSSR count). The molecule has 2 heterocycles. The van der Waals surface area contributed by atoms with Gasteiger partial charge in [0.2, 0.25) is 0 Å². The second-order valence-electron chi connectivity index (χ2n) is 6.36. The molecule has 0 radical (unpaired) electrons. The van der Waals surface area contributed by atoms with Crippen LogP contribution in [0.15, 0.2) is 60.7 Å². The zero-order valence-corrected chi connectivity index (χ0v) is 14.6. The van der Waals surface area contributed by atoms with Gasteiger partial charge in [-0.15, -0.1) is 0 Å². The van der Waals surface area contributed by atoms with E-state index in [0.29, 0.717) is 30.4 Å². The first-order chi connectivity index (χ1) is 12.7. The lowest BCUT2D eigenvalue weighted by Gasteiger charge is -2.17. The molecule has 0 saturated carbocycles. The van der Waals surface area contributed by atoms with Crippen molar-refractivity contribution in [3.05, 3.63) is 83.3 Å². The van der Waals surface area contributed by atoms with Gasteiger partial charge in [-0.2, -0.15) is 0 Å². The predicted molar refractivity (Wildman–Crippen MR) is 102 cm³/mol. The fraction of sp³-hybridized carbons (Fsp3) is 0.190. The fourth-order valence-electron chi connectivity index (χ4n) is 3.24. The summed E-state index contributed by atoms with van der Waals surface area (Å²) in [4.78, 5) is 23.6. The number of para-hydroxylation sites is 1. The van der Waals surface area contributed by atoms with Crippen molar-refractivity contribution < 1.29 is 4.79 Å². The average molecular weight is 344 g/mol. The van der Waals surface area contributed by atoms with E-state index in [2.05, 4.69) is 21.4 Å². The van der Waals surface area contributed by atoms with Gasteiger partial charge in [-0.25, -0.2) is 9.97 Å². The predicted octanol–water partition coefficient (Wildman–Crippen LogP) is 3.60. The topological polar surface area (TPSA) is 58.1 Å². The number of aromatic nitrogens is 2. The molecule has 1 aromatic heterocycles. The summed E-state index contributed by atoms with van der Waals surface area (Å²) in [6, 6.07) is 19.9. The molecule has 0 fully saturated rings. The minimum Gasteiger partial charge on any atom is -0.366 e. The summed E-state index contributed by atoms with van der Waals surface area (Å²) in [7, 11) is 0. The van der Waals surface area contributed by atoms with E-state index in [0.717, 1.165) is 17.7 Å². The van der Waals surface area contributed by atoms with E-state index in [4.69, 9.17) is 0 Å². The van der Waals surface area contributed by atoms with Gasteiger partial charge in [-0.1, -0.05) is 48.5 Å². The lowest BCUT2D eigenvalue weighted by Crippen LogP contribution is -2.30. The van der Waals surface area contributed by atoms with Crippen LogP contribution >= 0.6 is 0 Å². The van der Waals surface area contributed by atoms with Crippen molar-refractivity contribution in [3.63, 3.8) is 0 Å². The van der Waals surface area contributed by atoms with Crippen molar-refractivity contribution in [2.75, 3.05) is 16.8 Å². The Hall–Kier alpha value is -3.21. The van der Waals surface area contributed by atoms with Crippen LogP contribution in [0, 0.1) is 6.92 Å². The van der Waals surface area contributed by atoms with Gasteiger partial charge < -0.3 is 10.2 Å². The fourth-order valence-corrected chi connectivity index (χ4v) is 3.24. The van der Waals surface area contributed by atoms with Crippen molar-refractivity contribution in [1.29, 1.82) is 0 Å². The molecule has 0 unspecified atom stereocenters. The lowest BCUT2D eigenvalue weighted by atomic mass is 10.2. The van der Waals surface area contributed by atoms with Crippen molar-refractivity contribution in [1.82, 2.24) is 9.97 Å². The number of fused-ring (bicyclic) bond motifs is 1. The molecular formula is C21H20N4O. The minimum atomic E-state index is -0.0804. The normalized spacial score (nSPS) is 12.7. The summed E-state index contributed by atoms with van der Waals surface area (Å²) in [6.07, 6.45) is 0.880. The zero-order chi connectivity index (χ0) is 17.9. The Morgan fingerprint density at radius 1 is 1.08 bits per heavy atom. The standard InChI is InChI=1S/C21H20N4O/c1-15-23-18(13-20(24-15)22-14-16-7-3-2-4-8-16)21(26)25-12-11-17-9-5-6-10-19(17)25/h2-10,13H,11-12,14H2,1H3,(H,22,23,24). The zero-order valence-electron chi connectivity index (χ0n) is 14.6. The van der Waals surface area contributed by atoms with Crippen molar-refractivity contribution in [3.8, 4) is 0 Å². The number of nitrogens with zero attached hydrogens (tertiary/aromatic N) is 3. The lowest BCUT2D eigenvalue weighted by molar-refractivity contribution is 0.0984. The Morgan fingerprint density at radius 3 is 2.69 bits per heavy atom. The third-order valence-corrected chi connectivity index (χ3v) is 4.51. The van der Waals surface area contributed by atoms with E-state index < -0.39 is 0 Å². The number of nitrogens with one attached hydrogen (secondary N) is 1. The third kappa shape index (κ3) is 3.28. The number of rotatable bonds is 4. The Kier molecular flexibility index (Phi) is 4.35. The maximum absolute atomic E-state index is 13.0. The van der Waals surface area contributed by atoms with Gasteiger partial charge >= 0.3 is 0 Å². The minimum absolute atomic E-state index is 0.0804. The summed E-state index contributed by atoms with van der Waals surface area (Å²) in [5.74, 6) is 1.17. The van der Waals surface area contributed by atoms with E-state index in [1.54, 1.807) is 11.0 Å². The summed E-state index contributed by atoms with van der Waals surface area (Å²) in [5.41, 5.74) is 3.76. The molecule has 0 saturated heterocycles. The second kappa shape index (κ2) is 6.96. The highest BCUT2D eigenvalue weighted by molar-refractivity contribution is 6.06. The van der Waals surface area contributed by atoms with Crippen molar-refractivity contribution in [2.24, 2.45) is 0 Å². The Bertz CT molecular complexity index is 940. The van der Waals surface area contributed by atoms with Gasteiger partial charge in [0, 0.05) is 24.8 Å². The molecule has 26 heavy (non-hydrogen) atoms. The van der Waals surface area contributed by atoms with Crippen LogP contribution in [0.1, 0.15) is 27.4 Å². The van der Waals surface area contributed by atoms with Gasteiger partial charge in [-0.05, 0) is 30.5 Å². The Labute approximate surface area is 152 Å². The first-order valence-corrected chi connectivity index (χ1v) is 8.74. The molecular weight excluding hydrogens is 324 g/mol. The van der Waals surface area contributed by atoms with Crippen LogP contribution in [-0.4, -0.2) is 22.4 Å². The number of benzene rings is 2. The number of amides is 1. The number of aryl methyl sites for hydroxylation is 1. The van der Waals surface area contributed by atoms with E-state index in [1.807, 2.05) is 55.5 Å². The van der Waals surface area contributed by atoms with Gasteiger partial charge in [0.1, 0.15) is 17.3 Å². The summed E-state index contributed by atoms with van der Waals surface area (Å²) in [5, 5.41) is 3.28. The molecule has 5 nitrogen and oxygen atoms in total. The number of carbonyl (C=O) groups excluding carboxylic acids is 1. The smallest absolute Gasteiger partial charge is 0.277 e. The highest BCUT2D eigenvalue weighted by atomic mass is 16.2. The molecule has 1 N–H and O–H groups in total. The van der Waals surface area contributed by atoms with Crippen LogP contribution < -0.4 is 10.2 Å². The van der Waals surface area contributed by atoms with Crippen LogP contribution in [0.4, 0.5) is 11.5 Å². The Morgan fingerprint density at radius 2 is 1.85 bits per heavy atom. The van der Waals surface area contributed by atoms with Gasteiger partial charge in [-0.3, -0.25) is 4.79 Å². The first-order valence-electron chi connectivity index (χ1n) is 8.74. The second-order valence-corrected chi connectivity index (χ2v) is 6.36. The van der Waals surface area contributed by atoms with Gasteiger partial charge in [0.25, 0.3) is 5.91 Å². The molecule has 0 bridgehead atoms. The maximum Gasteiger partial charge on any atom is 0.277 e. The van der Waals surface area contributed by atoms with E-state index in [-0.39, 0.29) is 5.91 Å². The molecule has 2 aromatic carbocycles. The molecule has 0 atom stereocenters. The molecule has 0 spiro atoms. The van der Waals surface area contributed by atoms with Crippen LogP contribution in [0.2, 0.25) is 0 Å². The molecule has 1 aliphatic heterocycles. The first kappa shape index (κ1) is 16.3. The van der Waals surface area contributed by atoms with Crippen LogP contribution in [0.5, 0.6) is 0 Å². The monoisotopic (exact) mass is 344 g/mol. The van der Waals surface area contributed by atoms with Gasteiger partial charge in [0.05, 0.1) is 0 Å². The number of hydrogen-bond acceptors (Lipinski definition) is 4. The van der Waals surface area contributed by atoms with Gasteiger partial charge in [0.15, 0.2) is 0 Å². The molecule has 130 valence electrons. The highest BCUT2D eigenvalue weighted by Gasteiger charge is 2.26. The molecule has 5 heteroatoms. The van der Waals surface area contributed by atoms with E-state index >= 15 is 0 Å². The quantitative estimate of drug-likeness (QED) is 0.786. The summed E-state index contributed by atoms with van der Waals surface area (Å²) >= 11 is 0. The molecule has 1 aliphatic rings. The molecule has 0 aliphatic carbocycles. The van der Waals surface area contributed by atoms with Crippen molar-refractivity contribution in [2.45, 2.75) is 19.9 Å². The summed E-state index contributed by atoms with van der Waals surface area (Å²) < 4.78 is 0. The molecule has 1 amide bonds. The number of carbonyl (C=O) groups is 1. The van der Waals surface area contributed by atoms with E-state index in [9.17, 15) is 4.79 Å². The summed E-state index contributed by atoms with van der Waals surface area (Å²) in [6.45, 7) is 3.15. The largest absolute Gasteiger partial charge is 0.366 e. The number of anilines is 2. The molecule has 3 aromatic rings. The van der Waals surface area contributed by atoms with Crippen LogP contribution in [0.25, 0.3) is 0 Å². The Balaban J connectivity index is 1.55. The SMILES string of the molecule is Cc1nc(NCc2ccccc2)cc(C(=O)N2CCc3ccccc32)n1. The van der Waals surface area contributed by atoms with Crippen LogP contribution in [-0.2, 0) is 13.0 Å². The maximum atomic E-state index is 13.0. The van der Waals surface area contributed by atoms with E-state index in [1.165, 1.54) is 5.56 Å².